The Hall–Kier alpha value is -0.0900. The smallest absolute Gasteiger partial charge is 0.148 e. The molecule has 0 amide bonds. The Morgan fingerprint density at radius 3 is 2.00 bits per heavy atom. The molecule has 0 bridgehead atoms. The molecule has 0 rings (SSSR count). The molecule has 0 heterocycles. The molecule has 3 nitrogen and oxygen atoms in total. The second kappa shape index (κ2) is 5.71. The van der Waals surface area contributed by atoms with Crippen molar-refractivity contribution >= 4 is 9.84 Å². The molecule has 2 unspecified atom stereocenters. The lowest BCUT2D eigenvalue weighted by Crippen LogP contribution is -2.36. The van der Waals surface area contributed by atoms with Crippen LogP contribution in [0.3, 0.4) is 0 Å². The van der Waals surface area contributed by atoms with Crippen molar-refractivity contribution in [3.63, 3.8) is 0 Å². The number of hydrogen-bond acceptors (Lipinski definition) is 3. The average molecular weight is 221 g/mol. The highest BCUT2D eigenvalue weighted by Gasteiger charge is 2.12. The van der Waals surface area contributed by atoms with Gasteiger partial charge in [-0.25, -0.2) is 8.42 Å². The van der Waals surface area contributed by atoms with Gasteiger partial charge < -0.3 is 5.32 Å². The van der Waals surface area contributed by atoms with Crippen LogP contribution in [0.2, 0.25) is 0 Å². The molecule has 0 saturated heterocycles. The van der Waals surface area contributed by atoms with Crippen LogP contribution in [0.5, 0.6) is 0 Å². The summed E-state index contributed by atoms with van der Waals surface area (Å²) in [6, 6.07) is 0.0474. The van der Waals surface area contributed by atoms with E-state index >= 15 is 0 Å². The van der Waals surface area contributed by atoms with Crippen molar-refractivity contribution in [3.8, 4) is 0 Å². The summed E-state index contributed by atoms with van der Waals surface area (Å²) >= 11 is 0. The first kappa shape index (κ1) is 13.9. The van der Waals surface area contributed by atoms with Crippen LogP contribution in [-0.2, 0) is 9.84 Å². The first-order valence-electron chi connectivity index (χ1n) is 5.13. The van der Waals surface area contributed by atoms with Crippen LogP contribution in [0.25, 0.3) is 0 Å². The van der Waals surface area contributed by atoms with Gasteiger partial charge >= 0.3 is 0 Å². The Morgan fingerprint density at radius 2 is 1.64 bits per heavy atom. The van der Waals surface area contributed by atoms with Gasteiger partial charge in [0.25, 0.3) is 0 Å². The molecule has 0 saturated carbocycles. The first-order chi connectivity index (χ1) is 6.22. The minimum Gasteiger partial charge on any atom is -0.313 e. The number of hydrogen-bond donors (Lipinski definition) is 1. The molecule has 0 aromatic rings. The topological polar surface area (TPSA) is 46.2 Å². The quantitative estimate of drug-likeness (QED) is 0.735. The third kappa shape index (κ3) is 7.33. The van der Waals surface area contributed by atoms with Crippen LogP contribution in [-0.4, -0.2) is 33.0 Å². The van der Waals surface area contributed by atoms with Crippen LogP contribution in [0.15, 0.2) is 0 Å². The maximum absolute atomic E-state index is 11.0. The maximum atomic E-state index is 11.0. The predicted molar refractivity (Wildman–Crippen MR) is 61.2 cm³/mol. The van der Waals surface area contributed by atoms with Crippen molar-refractivity contribution < 1.29 is 8.42 Å². The molecule has 0 fully saturated rings. The van der Waals surface area contributed by atoms with Crippen molar-refractivity contribution in [2.45, 2.75) is 33.7 Å². The van der Waals surface area contributed by atoms with Gasteiger partial charge in [-0.15, -0.1) is 0 Å². The third-order valence-corrected chi connectivity index (χ3v) is 3.58. The summed E-state index contributed by atoms with van der Waals surface area (Å²) in [4.78, 5) is 0. The lowest BCUT2D eigenvalue weighted by atomic mass is 9.98. The van der Waals surface area contributed by atoms with Gasteiger partial charge in [-0.2, -0.15) is 0 Å². The summed E-state index contributed by atoms with van der Waals surface area (Å²) in [5.74, 6) is 1.43. The highest BCUT2D eigenvalue weighted by molar-refractivity contribution is 7.90. The summed E-state index contributed by atoms with van der Waals surface area (Å²) in [6.45, 7) is 9.31. The van der Waals surface area contributed by atoms with Crippen LogP contribution < -0.4 is 5.32 Å². The third-order valence-electron chi connectivity index (χ3n) is 2.48. The maximum Gasteiger partial charge on any atom is 0.148 e. The standard InChI is InChI=1S/C10H23NO2S/c1-8(2)9(3)6-11-10(4)7-14(5,12)13/h8-11H,6-7H2,1-5H3. The molecule has 0 aliphatic carbocycles. The van der Waals surface area contributed by atoms with Crippen LogP contribution in [0.1, 0.15) is 27.7 Å². The molecule has 14 heavy (non-hydrogen) atoms. The highest BCUT2D eigenvalue weighted by atomic mass is 32.2. The van der Waals surface area contributed by atoms with Crippen molar-refractivity contribution in [2.24, 2.45) is 11.8 Å². The Bertz CT molecular complexity index is 247. The summed E-state index contributed by atoms with van der Waals surface area (Å²) in [6.07, 6.45) is 1.27. The lowest BCUT2D eigenvalue weighted by molar-refractivity contribution is 0.379. The molecule has 4 heteroatoms. The van der Waals surface area contributed by atoms with E-state index in [1.165, 1.54) is 6.26 Å². The zero-order chi connectivity index (χ0) is 11.4. The molecule has 1 N–H and O–H groups in total. The van der Waals surface area contributed by atoms with E-state index in [4.69, 9.17) is 0 Å². The van der Waals surface area contributed by atoms with E-state index in [9.17, 15) is 8.42 Å². The first-order valence-corrected chi connectivity index (χ1v) is 7.19. The highest BCUT2D eigenvalue weighted by Crippen LogP contribution is 2.07. The molecule has 0 spiro atoms. The van der Waals surface area contributed by atoms with Gasteiger partial charge in [0.05, 0.1) is 5.75 Å². The average Bonchev–Trinajstić information content (AvgIpc) is 1.96. The van der Waals surface area contributed by atoms with Gasteiger partial charge in [0.1, 0.15) is 9.84 Å². The van der Waals surface area contributed by atoms with Crippen molar-refractivity contribution in [1.29, 1.82) is 0 Å². The molecular formula is C10H23NO2S. The van der Waals surface area contributed by atoms with Gasteiger partial charge in [0, 0.05) is 12.3 Å². The molecule has 2 atom stereocenters. The Balaban J connectivity index is 3.80. The van der Waals surface area contributed by atoms with E-state index in [1.54, 1.807) is 0 Å². The summed E-state index contributed by atoms with van der Waals surface area (Å²) in [5, 5.41) is 3.24. The largest absolute Gasteiger partial charge is 0.313 e. The van der Waals surface area contributed by atoms with Gasteiger partial charge in [-0.05, 0) is 25.3 Å². The Morgan fingerprint density at radius 1 is 1.14 bits per heavy atom. The lowest BCUT2D eigenvalue weighted by Gasteiger charge is -2.19. The van der Waals surface area contributed by atoms with E-state index < -0.39 is 9.84 Å². The van der Waals surface area contributed by atoms with Crippen molar-refractivity contribution in [3.05, 3.63) is 0 Å². The fourth-order valence-corrected chi connectivity index (χ4v) is 2.16. The van der Waals surface area contributed by atoms with Gasteiger partial charge in [0.15, 0.2) is 0 Å². The van der Waals surface area contributed by atoms with Gasteiger partial charge in [-0.1, -0.05) is 20.8 Å². The van der Waals surface area contributed by atoms with Gasteiger partial charge in [0.2, 0.25) is 0 Å². The number of nitrogens with one attached hydrogen (secondary N) is 1. The number of sulfone groups is 1. The molecule has 0 radical (unpaired) electrons. The summed E-state index contributed by atoms with van der Waals surface area (Å²) in [7, 11) is -2.85. The van der Waals surface area contributed by atoms with E-state index in [-0.39, 0.29) is 11.8 Å². The molecule has 0 aromatic heterocycles. The van der Waals surface area contributed by atoms with Gasteiger partial charge in [-0.3, -0.25) is 0 Å². The monoisotopic (exact) mass is 221 g/mol. The second-order valence-electron chi connectivity index (χ2n) is 4.62. The van der Waals surface area contributed by atoms with E-state index in [1.807, 2.05) is 6.92 Å². The Labute approximate surface area is 88.2 Å². The zero-order valence-corrected chi connectivity index (χ0v) is 10.7. The van der Waals surface area contributed by atoms with Crippen LogP contribution in [0, 0.1) is 11.8 Å². The normalized spacial score (nSPS) is 17.0. The molecular weight excluding hydrogens is 198 g/mol. The zero-order valence-electron chi connectivity index (χ0n) is 9.87. The molecule has 0 aliphatic rings. The Kier molecular flexibility index (Phi) is 5.67. The molecule has 86 valence electrons. The van der Waals surface area contributed by atoms with E-state index in [0.717, 1.165) is 6.54 Å². The second-order valence-corrected chi connectivity index (χ2v) is 6.81. The van der Waals surface area contributed by atoms with E-state index in [0.29, 0.717) is 11.8 Å². The van der Waals surface area contributed by atoms with Crippen LogP contribution >= 0.6 is 0 Å². The molecule has 0 aliphatic heterocycles. The fourth-order valence-electron chi connectivity index (χ4n) is 1.14. The fraction of sp³-hybridized carbons (Fsp3) is 1.00. The minimum absolute atomic E-state index is 0.0474. The summed E-state index contributed by atoms with van der Waals surface area (Å²) < 4.78 is 22.0. The van der Waals surface area contributed by atoms with Crippen LogP contribution in [0.4, 0.5) is 0 Å². The van der Waals surface area contributed by atoms with Crippen molar-refractivity contribution in [2.75, 3.05) is 18.6 Å². The SMILES string of the molecule is CC(CS(C)(=O)=O)NCC(C)C(C)C. The summed E-state index contributed by atoms with van der Waals surface area (Å²) in [5.41, 5.74) is 0. The molecule has 0 aromatic carbocycles. The predicted octanol–water partition coefficient (Wildman–Crippen LogP) is 1.30. The minimum atomic E-state index is -2.85. The van der Waals surface area contributed by atoms with Crippen molar-refractivity contribution in [1.82, 2.24) is 5.32 Å². The number of rotatable bonds is 6. The van der Waals surface area contributed by atoms with E-state index in [2.05, 4.69) is 26.1 Å².